The van der Waals surface area contributed by atoms with Crippen LogP contribution >= 0.6 is 15.9 Å². The predicted octanol–water partition coefficient (Wildman–Crippen LogP) is 3.69. The topological polar surface area (TPSA) is 32.3 Å². The Bertz CT molecular complexity index is 401. The molecule has 1 unspecified atom stereocenters. The van der Waals surface area contributed by atoms with Crippen molar-refractivity contribution in [3.05, 3.63) is 34.3 Å². The Hall–Kier alpha value is -0.380. The first kappa shape index (κ1) is 15.0. The number of benzene rings is 1. The van der Waals surface area contributed by atoms with E-state index < -0.39 is 0 Å². The minimum absolute atomic E-state index is 0.275. The summed E-state index contributed by atoms with van der Waals surface area (Å²) in [5.41, 5.74) is 1.44. The lowest BCUT2D eigenvalue weighted by Crippen LogP contribution is -2.47. The van der Waals surface area contributed by atoms with Gasteiger partial charge in [-0.05, 0) is 48.8 Å². The van der Waals surface area contributed by atoms with E-state index >= 15 is 0 Å². The summed E-state index contributed by atoms with van der Waals surface area (Å²) in [7, 11) is 0. The van der Waals surface area contributed by atoms with E-state index in [4.69, 9.17) is 5.11 Å². The SMILES string of the molecule is CC(C)C(CCO)NC1CC(c2cccc(Br)c2)C1. The third-order valence-electron chi connectivity index (χ3n) is 4.15. The fourth-order valence-corrected chi connectivity index (χ4v) is 3.25. The van der Waals surface area contributed by atoms with E-state index in [-0.39, 0.29) is 6.61 Å². The standard InChI is InChI=1S/C16H24BrNO/c1-11(2)16(6-7-19)18-15-9-13(10-15)12-4-3-5-14(17)8-12/h3-5,8,11,13,15-16,18-19H,6-7,9-10H2,1-2H3. The van der Waals surface area contributed by atoms with Gasteiger partial charge < -0.3 is 10.4 Å². The average molecular weight is 326 g/mol. The molecule has 0 bridgehead atoms. The molecule has 1 aliphatic carbocycles. The molecule has 3 heteroatoms. The molecule has 0 aromatic heterocycles. The van der Waals surface area contributed by atoms with Crippen LogP contribution in [0.25, 0.3) is 0 Å². The van der Waals surface area contributed by atoms with Crippen molar-refractivity contribution in [2.45, 2.75) is 51.1 Å². The highest BCUT2D eigenvalue weighted by Crippen LogP contribution is 2.38. The Morgan fingerprint density at radius 2 is 2.11 bits per heavy atom. The van der Waals surface area contributed by atoms with Crippen molar-refractivity contribution in [3.8, 4) is 0 Å². The second-order valence-corrected chi connectivity index (χ2v) is 6.87. The van der Waals surface area contributed by atoms with E-state index in [1.54, 1.807) is 0 Å². The van der Waals surface area contributed by atoms with Crippen molar-refractivity contribution in [1.29, 1.82) is 0 Å². The van der Waals surface area contributed by atoms with Gasteiger partial charge in [-0.1, -0.05) is 41.9 Å². The summed E-state index contributed by atoms with van der Waals surface area (Å²) in [6.45, 7) is 4.72. The van der Waals surface area contributed by atoms with Gasteiger partial charge in [0.15, 0.2) is 0 Å². The fourth-order valence-electron chi connectivity index (χ4n) is 2.84. The molecule has 1 saturated carbocycles. The summed E-state index contributed by atoms with van der Waals surface area (Å²) in [5.74, 6) is 1.27. The maximum atomic E-state index is 9.10. The van der Waals surface area contributed by atoms with Crippen molar-refractivity contribution in [2.75, 3.05) is 6.61 Å². The van der Waals surface area contributed by atoms with E-state index in [9.17, 15) is 0 Å². The van der Waals surface area contributed by atoms with Crippen LogP contribution < -0.4 is 5.32 Å². The number of rotatable bonds is 6. The molecule has 0 amide bonds. The first-order valence-corrected chi connectivity index (χ1v) is 8.01. The minimum atomic E-state index is 0.275. The summed E-state index contributed by atoms with van der Waals surface area (Å²) in [5, 5.41) is 12.8. The van der Waals surface area contributed by atoms with Gasteiger partial charge in [0.05, 0.1) is 0 Å². The van der Waals surface area contributed by atoms with Crippen molar-refractivity contribution in [1.82, 2.24) is 5.32 Å². The van der Waals surface area contributed by atoms with Gasteiger partial charge in [0.2, 0.25) is 0 Å². The third-order valence-corrected chi connectivity index (χ3v) is 4.65. The van der Waals surface area contributed by atoms with Gasteiger partial charge >= 0.3 is 0 Å². The van der Waals surface area contributed by atoms with Gasteiger partial charge in [-0.2, -0.15) is 0 Å². The monoisotopic (exact) mass is 325 g/mol. The number of hydrogen-bond donors (Lipinski definition) is 2. The van der Waals surface area contributed by atoms with Gasteiger partial charge in [0.1, 0.15) is 0 Å². The van der Waals surface area contributed by atoms with Crippen molar-refractivity contribution >= 4 is 15.9 Å². The lowest BCUT2D eigenvalue weighted by molar-refractivity contribution is 0.199. The molecule has 0 spiro atoms. The van der Waals surface area contributed by atoms with Crippen molar-refractivity contribution < 1.29 is 5.11 Å². The summed E-state index contributed by atoms with van der Waals surface area (Å²) in [6, 6.07) is 9.70. The van der Waals surface area contributed by atoms with Gasteiger partial charge in [-0.15, -0.1) is 0 Å². The van der Waals surface area contributed by atoms with Crippen LogP contribution in [0, 0.1) is 5.92 Å². The molecule has 1 atom stereocenters. The molecule has 1 fully saturated rings. The summed E-state index contributed by atoms with van der Waals surface area (Å²) >= 11 is 3.54. The molecule has 1 aromatic carbocycles. The molecule has 2 N–H and O–H groups in total. The zero-order valence-corrected chi connectivity index (χ0v) is 13.4. The molecule has 2 nitrogen and oxygen atoms in total. The number of hydrogen-bond acceptors (Lipinski definition) is 2. The lowest BCUT2D eigenvalue weighted by Gasteiger charge is -2.39. The molecule has 0 radical (unpaired) electrons. The molecular formula is C16H24BrNO. The van der Waals surface area contributed by atoms with Gasteiger partial charge in [0.25, 0.3) is 0 Å². The second kappa shape index (κ2) is 6.87. The Kier molecular flexibility index (Phi) is 5.43. The first-order valence-electron chi connectivity index (χ1n) is 7.22. The molecule has 0 heterocycles. The summed E-state index contributed by atoms with van der Waals surface area (Å²) < 4.78 is 1.17. The van der Waals surface area contributed by atoms with Crippen LogP contribution in [0.1, 0.15) is 44.6 Å². The van der Waals surface area contributed by atoms with Crippen molar-refractivity contribution in [3.63, 3.8) is 0 Å². The van der Waals surface area contributed by atoms with Crippen LogP contribution in [0.2, 0.25) is 0 Å². The predicted molar refractivity (Wildman–Crippen MR) is 83.4 cm³/mol. The third kappa shape index (κ3) is 4.04. The lowest BCUT2D eigenvalue weighted by atomic mass is 9.75. The molecule has 2 rings (SSSR count). The normalized spacial score (nSPS) is 24.3. The van der Waals surface area contributed by atoms with Crippen molar-refractivity contribution in [2.24, 2.45) is 5.92 Å². The van der Waals surface area contributed by atoms with E-state index in [1.165, 1.54) is 22.9 Å². The molecule has 1 aliphatic rings. The van der Waals surface area contributed by atoms with Crippen LogP contribution in [0.5, 0.6) is 0 Å². The van der Waals surface area contributed by atoms with E-state index in [0.29, 0.717) is 23.9 Å². The van der Waals surface area contributed by atoms with Gasteiger partial charge in [-0.25, -0.2) is 0 Å². The van der Waals surface area contributed by atoms with Gasteiger partial charge in [-0.3, -0.25) is 0 Å². The molecular weight excluding hydrogens is 302 g/mol. The quantitative estimate of drug-likeness (QED) is 0.836. The molecule has 19 heavy (non-hydrogen) atoms. The van der Waals surface area contributed by atoms with Crippen LogP contribution in [0.4, 0.5) is 0 Å². The van der Waals surface area contributed by atoms with Crippen LogP contribution in [-0.2, 0) is 0 Å². The maximum absolute atomic E-state index is 9.10. The number of aliphatic hydroxyl groups excluding tert-OH is 1. The molecule has 1 aromatic rings. The van der Waals surface area contributed by atoms with Crippen LogP contribution in [-0.4, -0.2) is 23.8 Å². The maximum Gasteiger partial charge on any atom is 0.0445 e. The molecule has 106 valence electrons. The van der Waals surface area contributed by atoms with Crippen LogP contribution in [0.15, 0.2) is 28.7 Å². The number of nitrogens with one attached hydrogen (secondary N) is 1. The fraction of sp³-hybridized carbons (Fsp3) is 0.625. The highest BCUT2D eigenvalue weighted by atomic mass is 79.9. The highest BCUT2D eigenvalue weighted by Gasteiger charge is 2.32. The smallest absolute Gasteiger partial charge is 0.0445 e. The van der Waals surface area contributed by atoms with E-state index in [0.717, 1.165) is 6.42 Å². The Morgan fingerprint density at radius 3 is 2.68 bits per heavy atom. The molecule has 0 aliphatic heterocycles. The first-order chi connectivity index (χ1) is 9.10. The Balaban J connectivity index is 1.82. The number of halogens is 1. The zero-order chi connectivity index (χ0) is 13.8. The second-order valence-electron chi connectivity index (χ2n) is 5.95. The van der Waals surface area contributed by atoms with E-state index in [2.05, 4.69) is 59.4 Å². The Labute approximate surface area is 124 Å². The average Bonchev–Trinajstić information content (AvgIpc) is 2.31. The van der Waals surface area contributed by atoms with Gasteiger partial charge in [0, 0.05) is 23.2 Å². The summed E-state index contributed by atoms with van der Waals surface area (Å²) in [6.07, 6.45) is 3.28. The summed E-state index contributed by atoms with van der Waals surface area (Å²) in [4.78, 5) is 0. The molecule has 0 saturated heterocycles. The van der Waals surface area contributed by atoms with Crippen LogP contribution in [0.3, 0.4) is 0 Å². The largest absolute Gasteiger partial charge is 0.396 e. The zero-order valence-electron chi connectivity index (χ0n) is 11.8. The van der Waals surface area contributed by atoms with E-state index in [1.807, 2.05) is 0 Å². The minimum Gasteiger partial charge on any atom is -0.396 e. The highest BCUT2D eigenvalue weighted by molar-refractivity contribution is 9.10. The Morgan fingerprint density at radius 1 is 1.37 bits per heavy atom. The number of aliphatic hydroxyl groups is 1.